The van der Waals surface area contributed by atoms with Gasteiger partial charge in [-0.25, -0.2) is 4.79 Å². The Morgan fingerprint density at radius 1 is 0.934 bits per heavy atom. The molecular formula is C47H59N3O11. The zero-order chi connectivity index (χ0) is 43.5. The Morgan fingerprint density at radius 2 is 1.67 bits per heavy atom. The first-order valence-corrected chi connectivity index (χ1v) is 20.9. The highest BCUT2D eigenvalue weighted by atomic mass is 16.7. The molecule has 0 radical (unpaired) electrons. The molecule has 6 atom stereocenters. The molecule has 328 valence electrons. The highest BCUT2D eigenvalue weighted by molar-refractivity contribution is 6.03. The van der Waals surface area contributed by atoms with E-state index >= 15 is 0 Å². The Balaban J connectivity index is 1.48. The van der Waals surface area contributed by atoms with E-state index in [0.29, 0.717) is 47.2 Å². The van der Waals surface area contributed by atoms with Gasteiger partial charge in [-0.2, -0.15) is 0 Å². The zero-order valence-corrected chi connectivity index (χ0v) is 35.8. The van der Waals surface area contributed by atoms with Crippen LogP contribution in [0.1, 0.15) is 62.0 Å². The second-order valence-electron chi connectivity index (χ2n) is 15.6. The lowest BCUT2D eigenvalue weighted by atomic mass is 9.55. The molecule has 14 heteroatoms. The lowest BCUT2D eigenvalue weighted by Crippen LogP contribution is -2.69. The number of allylic oxidation sites excluding steroid dienone is 1. The molecule has 0 aromatic heterocycles. The van der Waals surface area contributed by atoms with Crippen LogP contribution >= 0.6 is 0 Å². The number of rotatable bonds is 20. The van der Waals surface area contributed by atoms with Crippen molar-refractivity contribution in [2.45, 2.75) is 69.1 Å². The Bertz CT molecular complexity index is 2070. The molecule has 2 aliphatic carbocycles. The van der Waals surface area contributed by atoms with Gasteiger partial charge in [0, 0.05) is 44.2 Å². The van der Waals surface area contributed by atoms with Crippen LogP contribution in [0.25, 0.3) is 0 Å². The van der Waals surface area contributed by atoms with Crippen LogP contribution in [0, 0.1) is 17.8 Å². The fourth-order valence-corrected chi connectivity index (χ4v) is 9.30. The van der Waals surface area contributed by atoms with Gasteiger partial charge in [-0.1, -0.05) is 42.3 Å². The molecule has 1 saturated carbocycles. The van der Waals surface area contributed by atoms with Gasteiger partial charge < -0.3 is 48.4 Å². The average Bonchev–Trinajstić information content (AvgIpc) is 3.27. The Hall–Kier alpha value is -5.57. The summed E-state index contributed by atoms with van der Waals surface area (Å²) in [7, 11) is 7.92. The number of hydrogen-bond acceptors (Lipinski definition) is 12. The summed E-state index contributed by atoms with van der Waals surface area (Å²) in [6.45, 7) is 4.25. The molecule has 14 nitrogen and oxygen atoms in total. The number of aliphatic hydroxyl groups is 2. The van der Waals surface area contributed by atoms with Crippen molar-refractivity contribution in [3.63, 3.8) is 0 Å². The lowest BCUT2D eigenvalue weighted by Gasteiger charge is -2.59. The quantitative estimate of drug-likeness (QED) is 0.0594. The van der Waals surface area contributed by atoms with E-state index in [4.69, 9.17) is 33.3 Å². The highest BCUT2D eigenvalue weighted by Gasteiger charge is 2.65. The molecule has 3 aromatic carbocycles. The van der Waals surface area contributed by atoms with Gasteiger partial charge in [0.25, 0.3) is 0 Å². The first-order valence-electron chi connectivity index (χ1n) is 20.9. The lowest BCUT2D eigenvalue weighted by molar-refractivity contribution is -0.255. The summed E-state index contributed by atoms with van der Waals surface area (Å²) in [5.41, 5.74) is 3.58. The number of nitrogens with one attached hydrogen (secondary N) is 1. The highest BCUT2D eigenvalue weighted by Crippen LogP contribution is 2.62. The normalized spacial score (nSPS) is 23.0. The van der Waals surface area contributed by atoms with Gasteiger partial charge in [-0.05, 0) is 91.1 Å². The molecule has 0 unspecified atom stereocenters. The maximum absolute atomic E-state index is 14.4. The first kappa shape index (κ1) is 45.0. The van der Waals surface area contributed by atoms with E-state index in [9.17, 15) is 19.8 Å². The molecule has 3 aromatic rings. The summed E-state index contributed by atoms with van der Waals surface area (Å²) >= 11 is 0. The standard InChI is InChI=1S/C47H59N3O11/c1-7-23-59-47-42(50(2)43(53)25-30-13-12-15-32(24-30)55-3)29-39(49-58-6)36-26-31(14-8-10-21-51)35(16-9-11-22-52)44(45(36)47)37-27-34(18-20-40(37)61-47)60-46(54)48-38-19-17-33(56-4)28-41(38)57-5/h7,12-13,15,17-20,24,26-28,31,35,42,44-45,51-52H,1,8-11,14,16,21-23,25,29H2,2-6H3,(H,48,54)/t31-,35+,42-,44+,45+,47+/m0/s1. The van der Waals surface area contributed by atoms with Crippen molar-refractivity contribution >= 4 is 23.4 Å². The number of nitrogens with zero attached hydrogens (tertiary/aromatic N) is 2. The number of oxime groups is 1. The number of unbranched alkanes of at least 4 members (excludes halogenated alkanes) is 2. The fraction of sp³-hybridized carbons (Fsp3) is 0.468. The minimum atomic E-state index is -1.42. The van der Waals surface area contributed by atoms with E-state index in [2.05, 4.69) is 23.1 Å². The van der Waals surface area contributed by atoms with E-state index in [0.717, 1.165) is 42.4 Å². The minimum absolute atomic E-state index is 0.0127. The number of carbonyl (C=O) groups is 2. The van der Waals surface area contributed by atoms with Crippen LogP contribution in [-0.4, -0.2) is 100.0 Å². The van der Waals surface area contributed by atoms with Crippen LogP contribution < -0.4 is 29.0 Å². The maximum Gasteiger partial charge on any atom is 0.417 e. The summed E-state index contributed by atoms with van der Waals surface area (Å²) in [5, 5.41) is 27.1. The van der Waals surface area contributed by atoms with Crippen LogP contribution in [0.3, 0.4) is 0 Å². The van der Waals surface area contributed by atoms with Crippen molar-refractivity contribution in [3.8, 4) is 28.7 Å². The van der Waals surface area contributed by atoms with Crippen LogP contribution in [0.5, 0.6) is 28.7 Å². The van der Waals surface area contributed by atoms with Gasteiger partial charge in [0.05, 0.1) is 51.7 Å². The maximum atomic E-state index is 14.4. The third-order valence-corrected chi connectivity index (χ3v) is 12.1. The third kappa shape index (κ3) is 9.82. The van der Waals surface area contributed by atoms with Crippen molar-refractivity contribution in [2.75, 3.05) is 60.6 Å². The summed E-state index contributed by atoms with van der Waals surface area (Å²) in [6.07, 6.45) is 7.95. The fourth-order valence-electron chi connectivity index (χ4n) is 9.30. The summed E-state index contributed by atoms with van der Waals surface area (Å²) in [6, 6.07) is 17.1. The molecule has 3 aliphatic rings. The number of hydrogen-bond donors (Lipinski definition) is 3. The molecule has 1 fully saturated rings. The largest absolute Gasteiger partial charge is 0.497 e. The summed E-state index contributed by atoms with van der Waals surface area (Å²) < 4.78 is 36.3. The number of anilines is 1. The third-order valence-electron chi connectivity index (χ3n) is 12.1. The van der Waals surface area contributed by atoms with Crippen molar-refractivity contribution in [3.05, 3.63) is 96.1 Å². The van der Waals surface area contributed by atoms with E-state index in [-0.39, 0.29) is 62.1 Å². The summed E-state index contributed by atoms with van der Waals surface area (Å²) in [4.78, 5) is 35.1. The molecule has 0 spiro atoms. The van der Waals surface area contributed by atoms with Crippen molar-refractivity contribution in [2.24, 2.45) is 22.9 Å². The van der Waals surface area contributed by atoms with Crippen molar-refractivity contribution in [1.82, 2.24) is 4.90 Å². The number of methoxy groups -OCH3 is 3. The Kier molecular flexibility index (Phi) is 15.3. The van der Waals surface area contributed by atoms with E-state index < -0.39 is 23.8 Å². The molecule has 3 N–H and O–H groups in total. The minimum Gasteiger partial charge on any atom is -0.497 e. The van der Waals surface area contributed by atoms with Crippen LogP contribution in [0.15, 0.2) is 90.1 Å². The predicted molar refractivity (Wildman–Crippen MR) is 231 cm³/mol. The second kappa shape index (κ2) is 20.8. The number of ether oxygens (including phenoxy) is 6. The number of likely N-dealkylation sites (N-methyl/N-ethyl adjacent to an activating group) is 1. The van der Waals surface area contributed by atoms with Gasteiger partial charge in [-0.15, -0.1) is 6.58 Å². The second-order valence-corrected chi connectivity index (χ2v) is 15.6. The van der Waals surface area contributed by atoms with Gasteiger partial charge in [0.2, 0.25) is 11.7 Å². The smallest absolute Gasteiger partial charge is 0.417 e. The number of carbonyl (C=O) groups excluding carboxylic acids is 2. The molecule has 2 amide bonds. The SMILES string of the molecule is C=CCO[C@@]12Oc3ccc(OC(=O)Nc4ccc(OC)cc4OC)cc3[C@H]3[C@H](CCCCO)[C@@H](CCCCO)C=C(C(=NOC)C[C@@H]1N(C)C(=O)Cc1cccc(OC)c1)[C@H]32. The van der Waals surface area contributed by atoms with E-state index in [1.807, 2.05) is 30.3 Å². The monoisotopic (exact) mass is 841 g/mol. The topological polar surface area (TPSA) is 167 Å². The van der Waals surface area contributed by atoms with Crippen molar-refractivity contribution in [1.29, 1.82) is 0 Å². The molecule has 0 saturated heterocycles. The Morgan fingerprint density at radius 3 is 2.38 bits per heavy atom. The number of amides is 2. The molecule has 1 heterocycles. The van der Waals surface area contributed by atoms with Gasteiger partial charge in [0.15, 0.2) is 0 Å². The summed E-state index contributed by atoms with van der Waals surface area (Å²) in [5.74, 6) is 0.0752. The zero-order valence-electron chi connectivity index (χ0n) is 35.8. The van der Waals surface area contributed by atoms with Crippen LogP contribution in [0.2, 0.25) is 0 Å². The van der Waals surface area contributed by atoms with Gasteiger partial charge >= 0.3 is 6.09 Å². The van der Waals surface area contributed by atoms with Crippen molar-refractivity contribution < 1.29 is 53.1 Å². The predicted octanol–water partition coefficient (Wildman–Crippen LogP) is 7.29. The molecule has 1 aliphatic heterocycles. The van der Waals surface area contributed by atoms with E-state index in [1.54, 1.807) is 62.6 Å². The van der Waals surface area contributed by atoms with Crippen LogP contribution in [-0.2, 0) is 20.8 Å². The molecule has 0 bridgehead atoms. The van der Waals surface area contributed by atoms with Crippen LogP contribution in [0.4, 0.5) is 10.5 Å². The Labute approximate surface area is 358 Å². The number of aliphatic hydroxyl groups excluding tert-OH is 2. The first-order chi connectivity index (χ1) is 29.6. The van der Waals surface area contributed by atoms with E-state index in [1.165, 1.54) is 14.2 Å². The van der Waals surface area contributed by atoms with Gasteiger partial charge in [0.1, 0.15) is 41.9 Å². The average molecular weight is 842 g/mol. The van der Waals surface area contributed by atoms with Gasteiger partial charge in [-0.3, -0.25) is 10.1 Å². The molecule has 61 heavy (non-hydrogen) atoms. The molecular weight excluding hydrogens is 783 g/mol. The number of benzene rings is 3. The number of fused-ring (bicyclic) bond motifs is 2. The molecule has 6 rings (SSSR count).